The first-order chi connectivity index (χ1) is 15.5. The van der Waals surface area contributed by atoms with E-state index in [4.69, 9.17) is 21.1 Å². The largest absolute Gasteiger partial charge is 0.465 e. The summed E-state index contributed by atoms with van der Waals surface area (Å²) in [5.41, 5.74) is -0.447. The Morgan fingerprint density at radius 3 is 1.84 bits per heavy atom. The molecule has 0 radical (unpaired) electrons. The summed E-state index contributed by atoms with van der Waals surface area (Å²) in [6.45, 7) is 6.35. The predicted molar refractivity (Wildman–Crippen MR) is 132 cm³/mol. The van der Waals surface area contributed by atoms with Crippen LogP contribution in [0.3, 0.4) is 0 Å². The number of carbonyl (C=O) groups excluding carboxylic acids is 2. The van der Waals surface area contributed by atoms with Crippen molar-refractivity contribution in [2.75, 3.05) is 6.61 Å². The molecule has 0 amide bonds. The summed E-state index contributed by atoms with van der Waals surface area (Å²) in [4.78, 5) is 25.6. The lowest BCUT2D eigenvalue weighted by molar-refractivity contribution is -0.174. The summed E-state index contributed by atoms with van der Waals surface area (Å²) in [6, 6.07) is 7.16. The van der Waals surface area contributed by atoms with Gasteiger partial charge in [0, 0.05) is 5.02 Å². The van der Waals surface area contributed by atoms with Crippen molar-refractivity contribution in [2.45, 2.75) is 111 Å². The Labute approximate surface area is 200 Å². The third-order valence-corrected chi connectivity index (χ3v) is 6.46. The lowest BCUT2D eigenvalue weighted by Gasteiger charge is -2.27. The second-order valence-corrected chi connectivity index (χ2v) is 9.10. The van der Waals surface area contributed by atoms with E-state index in [1.165, 1.54) is 57.8 Å². The molecule has 0 bridgehead atoms. The second kappa shape index (κ2) is 17.0. The van der Waals surface area contributed by atoms with Crippen molar-refractivity contribution in [3.05, 3.63) is 34.9 Å². The van der Waals surface area contributed by atoms with Crippen LogP contribution in [0.1, 0.15) is 110 Å². The highest BCUT2D eigenvalue weighted by Gasteiger charge is 2.45. The lowest BCUT2D eigenvalue weighted by Crippen LogP contribution is -2.41. The number of esters is 2. The fourth-order valence-electron chi connectivity index (χ4n) is 3.89. The van der Waals surface area contributed by atoms with E-state index in [2.05, 4.69) is 6.92 Å². The molecule has 182 valence electrons. The Bertz CT molecular complexity index is 655. The highest BCUT2D eigenvalue weighted by Crippen LogP contribution is 2.31. The van der Waals surface area contributed by atoms with Crippen molar-refractivity contribution in [1.29, 1.82) is 0 Å². The molecule has 1 aromatic rings. The highest BCUT2D eigenvalue weighted by atomic mass is 35.5. The molecule has 0 N–H and O–H groups in total. The van der Waals surface area contributed by atoms with Crippen molar-refractivity contribution in [1.82, 2.24) is 0 Å². The molecule has 32 heavy (non-hydrogen) atoms. The Balaban J connectivity index is 2.29. The van der Waals surface area contributed by atoms with E-state index in [0.29, 0.717) is 24.5 Å². The molecule has 1 aromatic carbocycles. The molecular weight excluding hydrogens is 424 g/mol. The van der Waals surface area contributed by atoms with Crippen molar-refractivity contribution >= 4 is 23.5 Å². The molecule has 0 aliphatic rings. The van der Waals surface area contributed by atoms with E-state index in [0.717, 1.165) is 18.4 Å². The smallest absolute Gasteiger partial charge is 0.323 e. The number of hydrogen-bond acceptors (Lipinski definition) is 4. The maximum Gasteiger partial charge on any atom is 0.323 e. The number of unbranched alkanes of at least 4 members (excludes halogenated alkanes) is 10. The number of halogens is 1. The number of carbonyl (C=O) groups is 2. The van der Waals surface area contributed by atoms with Crippen LogP contribution in [0.25, 0.3) is 0 Å². The predicted octanol–water partition coefficient (Wildman–Crippen LogP) is 8.04. The maximum absolute atomic E-state index is 12.8. The average Bonchev–Trinajstić information content (AvgIpc) is 2.79. The van der Waals surface area contributed by atoms with Crippen LogP contribution in [0, 0.1) is 5.41 Å². The molecule has 0 spiro atoms. The summed E-state index contributed by atoms with van der Waals surface area (Å²) >= 11 is 5.98. The zero-order valence-electron chi connectivity index (χ0n) is 20.4. The van der Waals surface area contributed by atoms with Crippen LogP contribution in [0.5, 0.6) is 0 Å². The number of rotatable bonds is 18. The third-order valence-electron chi connectivity index (χ3n) is 6.23. The molecule has 0 fully saturated rings. The first-order valence-electron chi connectivity index (χ1n) is 12.6. The van der Waals surface area contributed by atoms with Crippen LogP contribution in [0.4, 0.5) is 0 Å². The minimum absolute atomic E-state index is 0.0903. The molecule has 0 atom stereocenters. The van der Waals surface area contributed by atoms with Crippen LogP contribution < -0.4 is 0 Å². The normalized spacial score (nSPS) is 11.4. The van der Waals surface area contributed by atoms with Gasteiger partial charge in [0.1, 0.15) is 6.61 Å². The second-order valence-electron chi connectivity index (χ2n) is 8.67. The molecular formula is C27H43ClO4. The molecule has 0 unspecified atom stereocenters. The number of ether oxygens (including phenoxy) is 2. The Morgan fingerprint density at radius 2 is 1.31 bits per heavy atom. The average molecular weight is 467 g/mol. The van der Waals surface area contributed by atoms with Crippen LogP contribution >= 0.6 is 11.6 Å². The summed E-state index contributed by atoms with van der Waals surface area (Å²) in [5, 5.41) is 0.585. The van der Waals surface area contributed by atoms with E-state index in [9.17, 15) is 9.59 Å². The molecule has 0 aliphatic heterocycles. The van der Waals surface area contributed by atoms with Gasteiger partial charge in [0.15, 0.2) is 5.41 Å². The Kier molecular flexibility index (Phi) is 15.1. The van der Waals surface area contributed by atoms with Crippen molar-refractivity contribution < 1.29 is 19.1 Å². The summed E-state index contributed by atoms with van der Waals surface area (Å²) in [7, 11) is 0. The molecule has 0 aromatic heterocycles. The molecule has 0 aliphatic carbocycles. The van der Waals surface area contributed by atoms with Crippen molar-refractivity contribution in [3.63, 3.8) is 0 Å². The van der Waals surface area contributed by atoms with Crippen LogP contribution in [0.15, 0.2) is 24.3 Å². The Morgan fingerprint density at radius 1 is 0.781 bits per heavy atom. The standard InChI is InChI=1S/C27H43ClO4/c1-4-7-8-9-10-11-12-13-14-15-16-20-31-25(29)27(5-2,6-3)26(30)32-22-23-18-17-19-24(28)21-23/h17-19,21H,4-16,20,22H2,1-3H3. The number of benzene rings is 1. The Hall–Kier alpha value is -1.55. The van der Waals surface area contributed by atoms with Gasteiger partial charge in [-0.1, -0.05) is 109 Å². The van der Waals surface area contributed by atoms with E-state index in [-0.39, 0.29) is 6.61 Å². The monoisotopic (exact) mass is 466 g/mol. The molecule has 4 nitrogen and oxygen atoms in total. The van der Waals surface area contributed by atoms with Gasteiger partial charge in [0.25, 0.3) is 0 Å². The molecule has 0 saturated heterocycles. The molecule has 1 rings (SSSR count). The third kappa shape index (κ3) is 10.4. The molecule has 5 heteroatoms. The first-order valence-corrected chi connectivity index (χ1v) is 13.0. The zero-order valence-corrected chi connectivity index (χ0v) is 21.2. The van der Waals surface area contributed by atoms with Gasteiger partial charge in [-0.05, 0) is 37.0 Å². The number of hydrogen-bond donors (Lipinski definition) is 0. The van der Waals surface area contributed by atoms with Crippen LogP contribution in [0.2, 0.25) is 5.02 Å². The van der Waals surface area contributed by atoms with E-state index < -0.39 is 17.4 Å². The fourth-order valence-corrected chi connectivity index (χ4v) is 4.11. The minimum Gasteiger partial charge on any atom is -0.465 e. The quantitative estimate of drug-likeness (QED) is 0.125. The van der Waals surface area contributed by atoms with Gasteiger partial charge in [-0.25, -0.2) is 0 Å². The summed E-state index contributed by atoms with van der Waals surface area (Å²) < 4.78 is 11.0. The first kappa shape index (κ1) is 28.5. The molecule has 0 heterocycles. The molecule has 0 saturated carbocycles. The maximum atomic E-state index is 12.8. The van der Waals surface area contributed by atoms with E-state index in [1.54, 1.807) is 18.2 Å². The zero-order chi connectivity index (χ0) is 23.7. The van der Waals surface area contributed by atoms with Crippen LogP contribution in [-0.2, 0) is 25.7 Å². The topological polar surface area (TPSA) is 52.6 Å². The van der Waals surface area contributed by atoms with Gasteiger partial charge in [-0.2, -0.15) is 0 Å². The summed E-state index contributed by atoms with van der Waals surface area (Å²) in [5.74, 6) is -0.989. The SMILES string of the molecule is CCCCCCCCCCCCCOC(=O)C(CC)(CC)C(=O)OCc1cccc(Cl)c1. The van der Waals surface area contributed by atoms with Crippen molar-refractivity contribution in [2.24, 2.45) is 5.41 Å². The minimum atomic E-state index is -1.24. The summed E-state index contributed by atoms with van der Waals surface area (Å²) in [6.07, 6.45) is 14.4. The van der Waals surface area contributed by atoms with Gasteiger partial charge < -0.3 is 9.47 Å². The van der Waals surface area contributed by atoms with Gasteiger partial charge in [0.05, 0.1) is 6.61 Å². The van der Waals surface area contributed by atoms with E-state index in [1.807, 2.05) is 19.9 Å². The highest BCUT2D eigenvalue weighted by molar-refractivity contribution is 6.30. The lowest BCUT2D eigenvalue weighted by atomic mass is 9.82. The van der Waals surface area contributed by atoms with Gasteiger partial charge in [-0.3, -0.25) is 9.59 Å². The van der Waals surface area contributed by atoms with Gasteiger partial charge in [0.2, 0.25) is 0 Å². The van der Waals surface area contributed by atoms with Gasteiger partial charge >= 0.3 is 11.9 Å². The van der Waals surface area contributed by atoms with Gasteiger partial charge in [-0.15, -0.1) is 0 Å². The van der Waals surface area contributed by atoms with Crippen LogP contribution in [-0.4, -0.2) is 18.5 Å². The van der Waals surface area contributed by atoms with Crippen molar-refractivity contribution in [3.8, 4) is 0 Å². The fraction of sp³-hybridized carbons (Fsp3) is 0.704. The van der Waals surface area contributed by atoms with E-state index >= 15 is 0 Å².